The standard InChI is InChI=1S/C19H24N2O/c1-19(2,3)21-18(22)20-14-17(15-10-6-4-7-11-15)16-12-8-5-9-13-16/h4-13,17H,14H2,1-3H3,(H2,20,21,22). The second-order valence-electron chi connectivity index (χ2n) is 6.46. The van der Waals surface area contributed by atoms with E-state index in [1.54, 1.807) is 0 Å². The first kappa shape index (κ1) is 16.1. The first-order valence-electron chi connectivity index (χ1n) is 7.61. The maximum absolute atomic E-state index is 12.0. The van der Waals surface area contributed by atoms with Crippen LogP contribution in [0.5, 0.6) is 0 Å². The molecule has 2 N–H and O–H groups in total. The van der Waals surface area contributed by atoms with Crippen molar-refractivity contribution in [1.29, 1.82) is 0 Å². The second kappa shape index (κ2) is 7.12. The van der Waals surface area contributed by atoms with Crippen LogP contribution in [-0.4, -0.2) is 18.1 Å². The Balaban J connectivity index is 2.11. The predicted octanol–water partition coefficient (Wildman–Crippen LogP) is 3.92. The van der Waals surface area contributed by atoms with Crippen molar-refractivity contribution in [1.82, 2.24) is 10.6 Å². The van der Waals surface area contributed by atoms with Gasteiger partial charge in [0.2, 0.25) is 0 Å². The molecule has 2 amide bonds. The highest BCUT2D eigenvalue weighted by Gasteiger charge is 2.17. The molecule has 0 aliphatic rings. The van der Waals surface area contributed by atoms with Gasteiger partial charge in [-0.15, -0.1) is 0 Å². The summed E-state index contributed by atoms with van der Waals surface area (Å²) in [5, 5.41) is 5.91. The third-order valence-electron chi connectivity index (χ3n) is 3.36. The molecule has 3 nitrogen and oxygen atoms in total. The van der Waals surface area contributed by atoms with Crippen molar-refractivity contribution < 1.29 is 4.79 Å². The molecule has 0 saturated heterocycles. The molecule has 0 heterocycles. The summed E-state index contributed by atoms with van der Waals surface area (Å²) in [5.74, 6) is 0.146. The molecule has 2 rings (SSSR count). The minimum absolute atomic E-state index is 0.135. The maximum Gasteiger partial charge on any atom is 0.315 e. The Hall–Kier alpha value is -2.29. The summed E-state index contributed by atoms with van der Waals surface area (Å²) in [7, 11) is 0. The van der Waals surface area contributed by atoms with Gasteiger partial charge in [-0.05, 0) is 31.9 Å². The molecular formula is C19H24N2O. The van der Waals surface area contributed by atoms with Gasteiger partial charge >= 0.3 is 6.03 Å². The fraction of sp³-hybridized carbons (Fsp3) is 0.316. The molecule has 0 unspecified atom stereocenters. The normalized spacial score (nSPS) is 11.3. The van der Waals surface area contributed by atoms with Crippen LogP contribution in [0.3, 0.4) is 0 Å². The van der Waals surface area contributed by atoms with E-state index in [-0.39, 0.29) is 17.5 Å². The molecule has 0 aliphatic carbocycles. The highest BCUT2D eigenvalue weighted by molar-refractivity contribution is 5.74. The van der Waals surface area contributed by atoms with Crippen molar-refractivity contribution in [3.63, 3.8) is 0 Å². The van der Waals surface area contributed by atoms with Crippen LogP contribution < -0.4 is 10.6 Å². The summed E-state index contributed by atoms with van der Waals surface area (Å²) in [4.78, 5) is 12.0. The van der Waals surface area contributed by atoms with E-state index in [4.69, 9.17) is 0 Å². The molecule has 116 valence electrons. The Morgan fingerprint density at radius 1 is 0.909 bits per heavy atom. The van der Waals surface area contributed by atoms with Crippen LogP contribution in [0, 0.1) is 0 Å². The molecule has 0 fully saturated rings. The van der Waals surface area contributed by atoms with Crippen LogP contribution in [0.1, 0.15) is 37.8 Å². The van der Waals surface area contributed by atoms with Crippen LogP contribution in [0.4, 0.5) is 4.79 Å². The van der Waals surface area contributed by atoms with E-state index >= 15 is 0 Å². The summed E-state index contributed by atoms with van der Waals surface area (Å²) in [5.41, 5.74) is 2.16. The molecule has 2 aromatic rings. The zero-order valence-corrected chi connectivity index (χ0v) is 13.5. The smallest absolute Gasteiger partial charge is 0.315 e. The van der Waals surface area contributed by atoms with Crippen molar-refractivity contribution in [3.8, 4) is 0 Å². The van der Waals surface area contributed by atoms with Crippen molar-refractivity contribution >= 4 is 6.03 Å². The van der Waals surface area contributed by atoms with Gasteiger partial charge in [-0.25, -0.2) is 4.79 Å². The van der Waals surface area contributed by atoms with Crippen molar-refractivity contribution in [2.45, 2.75) is 32.2 Å². The van der Waals surface area contributed by atoms with E-state index in [9.17, 15) is 4.79 Å². The Morgan fingerprint density at radius 3 is 1.77 bits per heavy atom. The minimum Gasteiger partial charge on any atom is -0.337 e. The molecule has 2 aromatic carbocycles. The number of carbonyl (C=O) groups excluding carboxylic acids is 1. The van der Waals surface area contributed by atoms with Gasteiger partial charge in [0, 0.05) is 18.0 Å². The third kappa shape index (κ3) is 4.92. The zero-order valence-electron chi connectivity index (χ0n) is 13.5. The minimum atomic E-state index is -0.237. The SMILES string of the molecule is CC(C)(C)NC(=O)NCC(c1ccccc1)c1ccccc1. The lowest BCUT2D eigenvalue weighted by molar-refractivity contribution is 0.231. The number of amides is 2. The summed E-state index contributed by atoms with van der Waals surface area (Å²) in [6.45, 7) is 6.48. The summed E-state index contributed by atoms with van der Waals surface area (Å²) in [6, 6.07) is 20.4. The summed E-state index contributed by atoms with van der Waals surface area (Å²) >= 11 is 0. The lowest BCUT2D eigenvalue weighted by Crippen LogP contribution is -2.47. The van der Waals surface area contributed by atoms with Crippen LogP contribution in [0.2, 0.25) is 0 Å². The van der Waals surface area contributed by atoms with E-state index in [0.717, 1.165) is 0 Å². The number of hydrogen-bond donors (Lipinski definition) is 2. The first-order chi connectivity index (χ1) is 10.5. The maximum atomic E-state index is 12.0. The van der Waals surface area contributed by atoms with Gasteiger partial charge in [-0.2, -0.15) is 0 Å². The van der Waals surface area contributed by atoms with Gasteiger partial charge in [0.1, 0.15) is 0 Å². The fourth-order valence-corrected chi connectivity index (χ4v) is 2.38. The molecule has 0 spiro atoms. The van der Waals surface area contributed by atoms with Crippen LogP contribution in [-0.2, 0) is 0 Å². The van der Waals surface area contributed by atoms with Crippen molar-refractivity contribution in [3.05, 3.63) is 71.8 Å². The third-order valence-corrected chi connectivity index (χ3v) is 3.36. The first-order valence-corrected chi connectivity index (χ1v) is 7.61. The molecule has 3 heteroatoms. The molecule has 22 heavy (non-hydrogen) atoms. The van der Waals surface area contributed by atoms with Gasteiger partial charge < -0.3 is 10.6 Å². The average Bonchev–Trinajstić information content (AvgIpc) is 2.48. The summed E-state index contributed by atoms with van der Waals surface area (Å²) in [6.07, 6.45) is 0. The number of carbonyl (C=O) groups is 1. The number of benzene rings is 2. The number of urea groups is 1. The van der Waals surface area contributed by atoms with E-state index in [0.29, 0.717) is 6.54 Å². The Kier molecular flexibility index (Phi) is 5.21. The number of nitrogens with one attached hydrogen (secondary N) is 2. The number of rotatable bonds is 4. The van der Waals surface area contributed by atoms with Crippen molar-refractivity contribution in [2.75, 3.05) is 6.54 Å². The summed E-state index contributed by atoms with van der Waals surface area (Å²) < 4.78 is 0. The van der Waals surface area contributed by atoms with Gasteiger partial charge in [0.05, 0.1) is 0 Å². The largest absolute Gasteiger partial charge is 0.337 e. The monoisotopic (exact) mass is 296 g/mol. The highest BCUT2D eigenvalue weighted by atomic mass is 16.2. The average molecular weight is 296 g/mol. The lowest BCUT2D eigenvalue weighted by Gasteiger charge is -2.23. The molecule has 0 bridgehead atoms. The number of hydrogen-bond acceptors (Lipinski definition) is 1. The molecule has 0 radical (unpaired) electrons. The highest BCUT2D eigenvalue weighted by Crippen LogP contribution is 2.23. The Bertz CT molecular complexity index is 548. The van der Waals surface area contributed by atoms with E-state index in [1.165, 1.54) is 11.1 Å². The molecule has 0 atom stereocenters. The van der Waals surface area contributed by atoms with E-state index in [2.05, 4.69) is 34.9 Å². The second-order valence-corrected chi connectivity index (χ2v) is 6.46. The molecular weight excluding hydrogens is 272 g/mol. The molecule has 0 saturated carbocycles. The van der Waals surface area contributed by atoms with Crippen LogP contribution in [0.25, 0.3) is 0 Å². The molecule has 0 aliphatic heterocycles. The topological polar surface area (TPSA) is 41.1 Å². The lowest BCUT2D eigenvalue weighted by atomic mass is 9.91. The quantitative estimate of drug-likeness (QED) is 0.882. The van der Waals surface area contributed by atoms with Crippen LogP contribution >= 0.6 is 0 Å². The van der Waals surface area contributed by atoms with Gasteiger partial charge in [0.15, 0.2) is 0 Å². The van der Waals surface area contributed by atoms with E-state index in [1.807, 2.05) is 57.2 Å². The Labute approximate surface area is 132 Å². The Morgan fingerprint density at radius 2 is 1.36 bits per heavy atom. The van der Waals surface area contributed by atoms with Crippen molar-refractivity contribution in [2.24, 2.45) is 0 Å². The van der Waals surface area contributed by atoms with Gasteiger partial charge in [-0.3, -0.25) is 0 Å². The van der Waals surface area contributed by atoms with E-state index < -0.39 is 0 Å². The molecule has 0 aromatic heterocycles. The van der Waals surface area contributed by atoms with Crippen LogP contribution in [0.15, 0.2) is 60.7 Å². The zero-order chi connectivity index (χ0) is 16.0. The van der Waals surface area contributed by atoms with Gasteiger partial charge in [0.25, 0.3) is 0 Å². The fourth-order valence-electron chi connectivity index (χ4n) is 2.38. The predicted molar refractivity (Wildman–Crippen MR) is 91.0 cm³/mol. The van der Waals surface area contributed by atoms with Gasteiger partial charge in [-0.1, -0.05) is 60.7 Å².